The fraction of sp³-hybridized carbons (Fsp3) is 0.158. The Morgan fingerprint density at radius 2 is 2.07 bits per heavy atom. The summed E-state index contributed by atoms with van der Waals surface area (Å²) in [5.74, 6) is 0.214. The number of anilines is 4. The normalized spacial score (nSPS) is 11.1. The number of hydrogen-bond donors (Lipinski definition) is 4. The molecule has 0 aliphatic rings. The zero-order valence-electron chi connectivity index (χ0n) is 16.3. The summed E-state index contributed by atoms with van der Waals surface area (Å²) < 4.78 is 14.2. The Bertz CT molecular complexity index is 986. The van der Waals surface area contributed by atoms with Gasteiger partial charge in [-0.05, 0) is 18.2 Å². The SMILES string of the molecule is CC.CN=C/C(=C\N)Nc1ncc(-c2cncs2)c(Nc2cc(N)ccc2F)n1. The highest BCUT2D eigenvalue weighted by atomic mass is 32.1. The zero-order chi connectivity index (χ0) is 21.2. The van der Waals surface area contributed by atoms with Crippen LogP contribution in [0.3, 0.4) is 0 Å². The third kappa shape index (κ3) is 5.72. The second-order valence-electron chi connectivity index (χ2n) is 5.32. The van der Waals surface area contributed by atoms with E-state index in [0.717, 1.165) is 4.88 Å². The fourth-order valence-corrected chi connectivity index (χ4v) is 2.85. The molecular weight excluding hydrogens is 391 g/mol. The molecule has 8 nitrogen and oxygen atoms in total. The first-order valence-electron chi connectivity index (χ1n) is 8.79. The van der Waals surface area contributed by atoms with Gasteiger partial charge in [0.2, 0.25) is 5.95 Å². The van der Waals surface area contributed by atoms with Crippen LogP contribution in [0.5, 0.6) is 0 Å². The van der Waals surface area contributed by atoms with Crippen LogP contribution in [-0.4, -0.2) is 28.2 Å². The Balaban J connectivity index is 0.00000145. The van der Waals surface area contributed by atoms with Crippen LogP contribution in [0.25, 0.3) is 10.4 Å². The van der Waals surface area contributed by atoms with Crippen LogP contribution < -0.4 is 22.1 Å². The van der Waals surface area contributed by atoms with Crippen molar-refractivity contribution in [2.75, 3.05) is 23.4 Å². The van der Waals surface area contributed by atoms with Crippen LogP contribution in [0.1, 0.15) is 13.8 Å². The molecule has 3 rings (SSSR count). The van der Waals surface area contributed by atoms with Gasteiger partial charge in [0.15, 0.2) is 0 Å². The highest BCUT2D eigenvalue weighted by Crippen LogP contribution is 2.32. The van der Waals surface area contributed by atoms with Crippen molar-refractivity contribution >= 4 is 40.7 Å². The maximum atomic E-state index is 14.2. The van der Waals surface area contributed by atoms with E-state index in [0.29, 0.717) is 22.8 Å². The Morgan fingerprint density at radius 1 is 1.28 bits per heavy atom. The van der Waals surface area contributed by atoms with Gasteiger partial charge in [-0.1, -0.05) is 13.8 Å². The largest absolute Gasteiger partial charge is 0.403 e. The van der Waals surface area contributed by atoms with Crippen LogP contribution in [0, 0.1) is 5.82 Å². The lowest BCUT2D eigenvalue weighted by Gasteiger charge is -2.13. The van der Waals surface area contributed by atoms with Gasteiger partial charge in [-0.15, -0.1) is 11.3 Å². The van der Waals surface area contributed by atoms with Gasteiger partial charge >= 0.3 is 0 Å². The van der Waals surface area contributed by atoms with E-state index in [4.69, 9.17) is 11.5 Å². The Morgan fingerprint density at radius 3 is 2.72 bits per heavy atom. The Kier molecular flexibility index (Phi) is 8.04. The molecule has 0 bridgehead atoms. The molecule has 3 aromatic rings. The van der Waals surface area contributed by atoms with Crippen molar-refractivity contribution in [3.8, 4) is 10.4 Å². The van der Waals surface area contributed by atoms with Crippen LogP contribution in [0.2, 0.25) is 0 Å². The number of aliphatic imine (C=N–C) groups is 1. The minimum absolute atomic E-state index is 0.204. The third-order valence-electron chi connectivity index (χ3n) is 3.43. The first-order valence-corrected chi connectivity index (χ1v) is 9.67. The van der Waals surface area contributed by atoms with Crippen LogP contribution in [0.15, 0.2) is 53.0 Å². The maximum absolute atomic E-state index is 14.2. The molecule has 0 fully saturated rings. The summed E-state index contributed by atoms with van der Waals surface area (Å²) in [6.07, 6.45) is 6.18. The molecule has 0 atom stereocenters. The molecule has 29 heavy (non-hydrogen) atoms. The molecule has 0 amide bonds. The molecule has 0 radical (unpaired) electrons. The minimum atomic E-state index is -0.451. The summed E-state index contributed by atoms with van der Waals surface area (Å²) >= 11 is 1.42. The molecular formula is C19H23FN8S. The molecule has 0 unspecified atom stereocenters. The van der Waals surface area contributed by atoms with E-state index in [1.54, 1.807) is 25.0 Å². The molecule has 0 aliphatic carbocycles. The van der Waals surface area contributed by atoms with Crippen molar-refractivity contribution in [2.45, 2.75) is 13.8 Å². The van der Waals surface area contributed by atoms with Gasteiger partial charge in [-0.2, -0.15) is 4.98 Å². The summed E-state index contributed by atoms with van der Waals surface area (Å²) in [4.78, 5) is 17.5. The quantitative estimate of drug-likeness (QED) is 0.354. The minimum Gasteiger partial charge on any atom is -0.403 e. The van der Waals surface area contributed by atoms with Crippen molar-refractivity contribution in [2.24, 2.45) is 10.7 Å². The van der Waals surface area contributed by atoms with Gasteiger partial charge in [-0.25, -0.2) is 9.37 Å². The van der Waals surface area contributed by atoms with Gasteiger partial charge in [0.05, 0.1) is 27.3 Å². The van der Waals surface area contributed by atoms with E-state index in [9.17, 15) is 4.39 Å². The number of nitrogen functional groups attached to an aromatic ring is 1. The smallest absolute Gasteiger partial charge is 0.229 e. The Hall–Kier alpha value is -3.53. The predicted octanol–water partition coefficient (Wildman–Crippen LogP) is 4.00. The predicted molar refractivity (Wildman–Crippen MR) is 119 cm³/mol. The molecule has 1 aromatic carbocycles. The lowest BCUT2D eigenvalue weighted by atomic mass is 10.2. The van der Waals surface area contributed by atoms with Crippen LogP contribution in [0.4, 0.5) is 27.5 Å². The summed E-state index contributed by atoms with van der Waals surface area (Å²) in [5.41, 5.74) is 14.8. The summed E-state index contributed by atoms with van der Waals surface area (Å²) in [5, 5.41) is 5.93. The fourth-order valence-electron chi connectivity index (χ4n) is 2.22. The van der Waals surface area contributed by atoms with E-state index >= 15 is 0 Å². The third-order valence-corrected chi connectivity index (χ3v) is 4.24. The maximum Gasteiger partial charge on any atom is 0.229 e. The number of hydrogen-bond acceptors (Lipinski definition) is 9. The standard InChI is InChI=1S/C17H17FN8S.C2H6/c1-21-6-11(5-19)24-17-23-7-12(15-8-22-9-27-15)16(26-17)25-14-4-10(20)2-3-13(14)18;1-2/h2-9H,19-20H2,1H3,(H2,23,24,25,26);1-2H3/b11-5+,21-6?;. The molecule has 6 N–H and O–H groups in total. The summed E-state index contributed by atoms with van der Waals surface area (Å²) in [6.45, 7) is 4.00. The second kappa shape index (κ2) is 10.7. The molecule has 2 heterocycles. The molecule has 152 valence electrons. The number of nitrogens with zero attached hydrogens (tertiary/aromatic N) is 4. The first-order chi connectivity index (χ1) is 14.1. The van der Waals surface area contributed by atoms with E-state index in [-0.39, 0.29) is 11.6 Å². The number of rotatable bonds is 6. The van der Waals surface area contributed by atoms with Crippen molar-refractivity contribution in [1.29, 1.82) is 0 Å². The average molecular weight is 415 g/mol. The molecule has 0 aliphatic heterocycles. The van der Waals surface area contributed by atoms with Gasteiger partial charge in [-0.3, -0.25) is 9.98 Å². The number of thiazole rings is 1. The second-order valence-corrected chi connectivity index (χ2v) is 6.21. The highest BCUT2D eigenvalue weighted by Gasteiger charge is 2.14. The Labute approximate surface area is 172 Å². The summed E-state index contributed by atoms with van der Waals surface area (Å²) in [7, 11) is 1.62. The van der Waals surface area contributed by atoms with E-state index in [2.05, 4.69) is 30.6 Å². The zero-order valence-corrected chi connectivity index (χ0v) is 17.2. The molecule has 2 aromatic heterocycles. The number of benzene rings is 1. The molecule has 10 heteroatoms. The van der Waals surface area contributed by atoms with Crippen molar-refractivity contribution < 1.29 is 4.39 Å². The molecule has 0 spiro atoms. The van der Waals surface area contributed by atoms with Crippen LogP contribution in [-0.2, 0) is 0 Å². The van der Waals surface area contributed by atoms with Gasteiger partial charge in [0, 0.05) is 37.5 Å². The van der Waals surface area contributed by atoms with E-state index < -0.39 is 5.82 Å². The van der Waals surface area contributed by atoms with Gasteiger partial charge in [0.1, 0.15) is 11.6 Å². The number of nitrogens with one attached hydrogen (secondary N) is 2. The van der Waals surface area contributed by atoms with E-state index in [1.165, 1.54) is 42.0 Å². The molecule has 0 saturated carbocycles. The lowest BCUT2D eigenvalue weighted by molar-refractivity contribution is 0.632. The van der Waals surface area contributed by atoms with Crippen molar-refractivity contribution in [3.63, 3.8) is 0 Å². The van der Waals surface area contributed by atoms with Crippen molar-refractivity contribution in [3.05, 3.63) is 53.8 Å². The van der Waals surface area contributed by atoms with Crippen LogP contribution >= 0.6 is 11.3 Å². The number of nitrogens with two attached hydrogens (primary N) is 2. The summed E-state index contributed by atoms with van der Waals surface area (Å²) in [6, 6.07) is 4.27. The topological polar surface area (TPSA) is 127 Å². The first kappa shape index (κ1) is 21.8. The lowest BCUT2D eigenvalue weighted by Crippen LogP contribution is -2.09. The monoisotopic (exact) mass is 414 g/mol. The number of halogens is 1. The van der Waals surface area contributed by atoms with Gasteiger partial charge < -0.3 is 22.1 Å². The van der Waals surface area contributed by atoms with Crippen molar-refractivity contribution in [1.82, 2.24) is 15.0 Å². The highest BCUT2D eigenvalue weighted by molar-refractivity contribution is 7.13. The number of allylic oxidation sites excluding steroid dienone is 1. The average Bonchev–Trinajstić information content (AvgIpc) is 3.27. The molecule has 0 saturated heterocycles. The van der Waals surface area contributed by atoms with Gasteiger partial charge in [0.25, 0.3) is 0 Å². The van der Waals surface area contributed by atoms with E-state index in [1.807, 2.05) is 13.8 Å². The number of aromatic nitrogens is 3.